The van der Waals surface area contributed by atoms with Crippen LogP contribution in [-0.2, 0) is 14.3 Å². The number of hydrogen-bond acceptors (Lipinski definition) is 6. The molecule has 2 aromatic rings. The number of amides is 1. The number of carbonyl (C=O) groups is 4. The number of ketones is 2. The average molecular weight is 397 g/mol. The van der Waals surface area contributed by atoms with Gasteiger partial charge in [-0.2, -0.15) is 0 Å². The minimum absolute atomic E-state index is 0.0159. The molecule has 0 aromatic heterocycles. The van der Waals surface area contributed by atoms with Crippen molar-refractivity contribution in [3.05, 3.63) is 59.7 Å². The van der Waals surface area contributed by atoms with Crippen molar-refractivity contribution in [1.29, 1.82) is 0 Å². The predicted molar refractivity (Wildman–Crippen MR) is 107 cm³/mol. The first-order valence-corrected chi connectivity index (χ1v) is 9.18. The van der Waals surface area contributed by atoms with Crippen molar-refractivity contribution < 1.29 is 28.7 Å². The van der Waals surface area contributed by atoms with Gasteiger partial charge in [-0.1, -0.05) is 19.1 Å². The van der Waals surface area contributed by atoms with Crippen LogP contribution in [0, 0.1) is 0 Å². The molecule has 2 aromatic carbocycles. The lowest BCUT2D eigenvalue weighted by atomic mass is 10.1. The van der Waals surface area contributed by atoms with Crippen LogP contribution in [0.4, 0.5) is 5.69 Å². The van der Waals surface area contributed by atoms with Gasteiger partial charge >= 0.3 is 5.97 Å². The number of hydrogen-bond donors (Lipinski definition) is 1. The molecule has 7 heteroatoms. The molecule has 0 fully saturated rings. The highest BCUT2D eigenvalue weighted by Crippen LogP contribution is 2.16. The Morgan fingerprint density at radius 1 is 1.00 bits per heavy atom. The van der Waals surface area contributed by atoms with Gasteiger partial charge in [0.1, 0.15) is 5.75 Å². The minimum atomic E-state index is -1.07. The lowest BCUT2D eigenvalue weighted by molar-refractivity contribution is -0.155. The molecule has 1 N–H and O–H groups in total. The zero-order valence-corrected chi connectivity index (χ0v) is 16.6. The molecule has 1 unspecified atom stereocenters. The maximum absolute atomic E-state index is 12.3. The largest absolute Gasteiger partial charge is 0.482 e. The predicted octanol–water partition coefficient (Wildman–Crippen LogP) is 3.43. The maximum Gasteiger partial charge on any atom is 0.344 e. The van der Waals surface area contributed by atoms with E-state index in [4.69, 9.17) is 9.47 Å². The summed E-state index contributed by atoms with van der Waals surface area (Å²) in [7, 11) is 0. The van der Waals surface area contributed by atoms with Crippen molar-refractivity contribution >= 4 is 29.1 Å². The molecule has 29 heavy (non-hydrogen) atoms. The third kappa shape index (κ3) is 6.27. The molecule has 0 bridgehead atoms. The van der Waals surface area contributed by atoms with Gasteiger partial charge in [-0.05, 0) is 50.2 Å². The summed E-state index contributed by atoms with van der Waals surface area (Å²) in [6, 6.07) is 13.0. The van der Waals surface area contributed by atoms with Gasteiger partial charge in [-0.25, -0.2) is 4.79 Å². The standard InChI is InChI=1S/C22H23NO6/c1-4-20(25)16-9-11-17(12-10-16)28-13-21(26)29-15(3)22(27)23-19-8-6-5-7-18(19)14(2)24/h5-12,15H,4,13H2,1-3H3,(H,23,27). The Morgan fingerprint density at radius 3 is 2.28 bits per heavy atom. The van der Waals surface area contributed by atoms with Gasteiger partial charge in [0.15, 0.2) is 24.3 Å². The van der Waals surface area contributed by atoms with Crippen LogP contribution in [0.3, 0.4) is 0 Å². The van der Waals surface area contributed by atoms with Crippen LogP contribution in [0.25, 0.3) is 0 Å². The summed E-state index contributed by atoms with van der Waals surface area (Å²) >= 11 is 0. The molecule has 0 saturated heterocycles. The number of esters is 1. The number of anilines is 1. The van der Waals surface area contributed by atoms with Crippen molar-refractivity contribution in [3.63, 3.8) is 0 Å². The Hall–Kier alpha value is -3.48. The molecule has 1 atom stereocenters. The molecule has 7 nitrogen and oxygen atoms in total. The van der Waals surface area contributed by atoms with Crippen LogP contribution in [0.1, 0.15) is 47.9 Å². The van der Waals surface area contributed by atoms with E-state index in [0.29, 0.717) is 29.0 Å². The zero-order chi connectivity index (χ0) is 21.4. The number of nitrogens with one attached hydrogen (secondary N) is 1. The maximum atomic E-state index is 12.3. The van der Waals surface area contributed by atoms with Gasteiger partial charge in [0.05, 0.1) is 5.69 Å². The fourth-order valence-corrected chi connectivity index (χ4v) is 2.50. The fourth-order valence-electron chi connectivity index (χ4n) is 2.50. The summed E-state index contributed by atoms with van der Waals surface area (Å²) in [4.78, 5) is 47.4. The second kappa shape index (κ2) is 10.2. The zero-order valence-electron chi connectivity index (χ0n) is 16.6. The van der Waals surface area contributed by atoms with Crippen molar-refractivity contribution in [2.75, 3.05) is 11.9 Å². The first kappa shape index (κ1) is 21.8. The van der Waals surface area contributed by atoms with Gasteiger partial charge < -0.3 is 14.8 Å². The molecular weight excluding hydrogens is 374 g/mol. The smallest absolute Gasteiger partial charge is 0.344 e. The lowest BCUT2D eigenvalue weighted by Crippen LogP contribution is -2.32. The number of rotatable bonds is 9. The van der Waals surface area contributed by atoms with Crippen LogP contribution in [-0.4, -0.2) is 36.2 Å². The van der Waals surface area contributed by atoms with E-state index in [9.17, 15) is 19.2 Å². The first-order chi connectivity index (χ1) is 13.8. The van der Waals surface area contributed by atoms with Gasteiger partial charge in [-0.15, -0.1) is 0 Å². The van der Waals surface area contributed by atoms with E-state index in [0.717, 1.165) is 0 Å². The van der Waals surface area contributed by atoms with E-state index in [2.05, 4.69) is 5.32 Å². The first-order valence-electron chi connectivity index (χ1n) is 9.18. The number of carbonyl (C=O) groups excluding carboxylic acids is 4. The topological polar surface area (TPSA) is 98.8 Å². The fraction of sp³-hybridized carbons (Fsp3) is 0.273. The number of para-hydroxylation sites is 1. The molecule has 0 radical (unpaired) electrons. The number of ether oxygens (including phenoxy) is 2. The Labute approximate surface area is 169 Å². The Kier molecular flexibility index (Phi) is 7.65. The summed E-state index contributed by atoms with van der Waals surface area (Å²) in [5, 5.41) is 2.58. The quantitative estimate of drug-likeness (QED) is 0.514. The average Bonchev–Trinajstić information content (AvgIpc) is 2.72. The minimum Gasteiger partial charge on any atom is -0.482 e. The van der Waals surface area contributed by atoms with Crippen LogP contribution < -0.4 is 10.1 Å². The third-order valence-electron chi connectivity index (χ3n) is 4.10. The van der Waals surface area contributed by atoms with Gasteiger partial charge in [0.2, 0.25) is 0 Å². The third-order valence-corrected chi connectivity index (χ3v) is 4.10. The molecule has 0 aliphatic carbocycles. The Bertz CT molecular complexity index is 904. The highest BCUT2D eigenvalue weighted by Gasteiger charge is 2.20. The molecule has 0 heterocycles. The van der Waals surface area contributed by atoms with E-state index in [1.165, 1.54) is 13.8 Å². The molecule has 0 aliphatic rings. The van der Waals surface area contributed by atoms with Gasteiger partial charge in [0, 0.05) is 17.5 Å². The van der Waals surface area contributed by atoms with Crippen LogP contribution in [0.2, 0.25) is 0 Å². The molecule has 2 rings (SSSR count). The van der Waals surface area contributed by atoms with Crippen molar-refractivity contribution in [1.82, 2.24) is 0 Å². The number of Topliss-reactive ketones (excluding diaryl/α,β-unsaturated/α-hetero) is 2. The highest BCUT2D eigenvalue weighted by molar-refractivity contribution is 6.04. The van der Waals surface area contributed by atoms with Crippen LogP contribution in [0.5, 0.6) is 5.75 Å². The summed E-state index contributed by atoms with van der Waals surface area (Å²) in [6.07, 6.45) is -0.667. The molecule has 0 spiro atoms. The Balaban J connectivity index is 1.86. The summed E-state index contributed by atoms with van der Waals surface area (Å²) < 4.78 is 10.4. The highest BCUT2D eigenvalue weighted by atomic mass is 16.6. The monoisotopic (exact) mass is 397 g/mol. The second-order valence-corrected chi connectivity index (χ2v) is 6.31. The lowest BCUT2D eigenvalue weighted by Gasteiger charge is -2.15. The molecule has 0 aliphatic heterocycles. The normalized spacial score (nSPS) is 11.3. The summed E-state index contributed by atoms with van der Waals surface area (Å²) in [6.45, 7) is 4.22. The van der Waals surface area contributed by atoms with Gasteiger partial charge in [-0.3, -0.25) is 14.4 Å². The summed E-state index contributed by atoms with van der Waals surface area (Å²) in [5.41, 5.74) is 1.29. The van der Waals surface area contributed by atoms with Crippen molar-refractivity contribution in [2.45, 2.75) is 33.3 Å². The second-order valence-electron chi connectivity index (χ2n) is 6.31. The van der Waals surface area contributed by atoms with Crippen molar-refractivity contribution in [3.8, 4) is 5.75 Å². The SMILES string of the molecule is CCC(=O)c1ccc(OCC(=O)OC(C)C(=O)Nc2ccccc2C(C)=O)cc1. The molecular formula is C22H23NO6. The van der Waals surface area contributed by atoms with E-state index >= 15 is 0 Å². The van der Waals surface area contributed by atoms with E-state index in [1.807, 2.05) is 0 Å². The number of benzene rings is 2. The van der Waals surface area contributed by atoms with Crippen molar-refractivity contribution in [2.24, 2.45) is 0 Å². The molecule has 0 saturated carbocycles. The van der Waals surface area contributed by atoms with E-state index in [-0.39, 0.29) is 18.2 Å². The van der Waals surface area contributed by atoms with E-state index < -0.39 is 18.0 Å². The Morgan fingerprint density at radius 2 is 1.66 bits per heavy atom. The molecule has 152 valence electrons. The van der Waals surface area contributed by atoms with Gasteiger partial charge in [0.25, 0.3) is 5.91 Å². The molecule has 1 amide bonds. The van der Waals surface area contributed by atoms with Crippen LogP contribution in [0.15, 0.2) is 48.5 Å². The summed E-state index contributed by atoms with van der Waals surface area (Å²) in [5.74, 6) is -1.05. The van der Waals surface area contributed by atoms with E-state index in [1.54, 1.807) is 55.5 Å². The van der Waals surface area contributed by atoms with Crippen LogP contribution >= 0.6 is 0 Å².